The van der Waals surface area contributed by atoms with Crippen molar-refractivity contribution in [3.05, 3.63) is 76.5 Å². The summed E-state index contributed by atoms with van der Waals surface area (Å²) in [5.74, 6) is -0.320. The molecule has 1 amide bonds. The molecule has 29 heavy (non-hydrogen) atoms. The van der Waals surface area contributed by atoms with Gasteiger partial charge in [0.25, 0.3) is 5.56 Å². The van der Waals surface area contributed by atoms with Crippen LogP contribution in [-0.4, -0.2) is 32.9 Å². The number of rotatable bonds is 6. The van der Waals surface area contributed by atoms with Gasteiger partial charge in [-0.05, 0) is 49.1 Å². The maximum atomic E-state index is 13.3. The number of carbonyl (C=O) groups is 1. The average molecular weight is 393 g/mol. The van der Waals surface area contributed by atoms with Crippen LogP contribution >= 0.6 is 0 Å². The lowest BCUT2D eigenvalue weighted by Crippen LogP contribution is -2.43. The number of aromatic nitrogens is 2. The zero-order chi connectivity index (χ0) is 20.2. The largest absolute Gasteiger partial charge is 0.338 e. The van der Waals surface area contributed by atoms with Gasteiger partial charge in [0.2, 0.25) is 5.91 Å². The minimum atomic E-state index is -0.276. The Kier molecular flexibility index (Phi) is 5.69. The summed E-state index contributed by atoms with van der Waals surface area (Å²) in [5, 5.41) is 0. The van der Waals surface area contributed by atoms with Crippen LogP contribution in [-0.2, 0) is 17.8 Å². The van der Waals surface area contributed by atoms with E-state index in [1.54, 1.807) is 12.1 Å². The zero-order valence-corrected chi connectivity index (χ0v) is 16.3. The summed E-state index contributed by atoms with van der Waals surface area (Å²) in [5.41, 5.74) is 2.08. The van der Waals surface area contributed by atoms with Crippen LogP contribution < -0.4 is 5.56 Å². The lowest BCUT2D eigenvalue weighted by molar-refractivity contribution is -0.134. The normalized spacial score (nSPS) is 14.4. The molecule has 1 aromatic heterocycles. The van der Waals surface area contributed by atoms with Crippen LogP contribution in [0.15, 0.2) is 59.5 Å². The molecule has 0 N–H and O–H groups in total. The van der Waals surface area contributed by atoms with Gasteiger partial charge in [0.15, 0.2) is 0 Å². The van der Waals surface area contributed by atoms with E-state index in [4.69, 9.17) is 0 Å². The monoisotopic (exact) mass is 393 g/mol. The van der Waals surface area contributed by atoms with Gasteiger partial charge in [-0.3, -0.25) is 14.2 Å². The Hall–Kier alpha value is -3.02. The molecular weight excluding hydrogens is 369 g/mol. The molecule has 0 saturated heterocycles. The fourth-order valence-corrected chi connectivity index (χ4v) is 4.13. The first-order valence-corrected chi connectivity index (χ1v) is 10.1. The van der Waals surface area contributed by atoms with Crippen LogP contribution in [0.5, 0.6) is 0 Å². The number of hydrogen-bond donors (Lipinski definition) is 0. The first kappa shape index (κ1) is 19.3. The predicted octanol–water partition coefficient (Wildman–Crippen LogP) is 3.55. The third-order valence-electron chi connectivity index (χ3n) is 5.69. The number of hydrogen-bond acceptors (Lipinski definition) is 3. The van der Waals surface area contributed by atoms with Gasteiger partial charge in [-0.2, -0.15) is 0 Å². The predicted molar refractivity (Wildman–Crippen MR) is 110 cm³/mol. The van der Waals surface area contributed by atoms with Crippen molar-refractivity contribution < 1.29 is 9.18 Å². The first-order chi connectivity index (χ1) is 14.1. The minimum Gasteiger partial charge on any atom is -0.338 e. The maximum absolute atomic E-state index is 13.3. The fraction of sp³-hybridized carbons (Fsp3) is 0.348. The number of para-hydroxylation sites is 2. The molecule has 3 aromatic rings. The zero-order valence-electron chi connectivity index (χ0n) is 16.3. The Bertz CT molecular complexity index is 1060. The molecule has 1 heterocycles. The fourth-order valence-electron chi connectivity index (χ4n) is 4.13. The Morgan fingerprint density at radius 3 is 2.59 bits per heavy atom. The van der Waals surface area contributed by atoms with E-state index >= 15 is 0 Å². The number of amides is 1. The minimum absolute atomic E-state index is 0.00177. The molecule has 5 nitrogen and oxygen atoms in total. The summed E-state index contributed by atoms with van der Waals surface area (Å²) in [7, 11) is 0. The summed E-state index contributed by atoms with van der Waals surface area (Å²) in [6.45, 7) is 0.564. The number of halogens is 1. The highest BCUT2D eigenvalue weighted by Crippen LogP contribution is 2.24. The molecule has 6 heteroatoms. The molecule has 1 fully saturated rings. The van der Waals surface area contributed by atoms with Gasteiger partial charge < -0.3 is 4.90 Å². The van der Waals surface area contributed by atoms with Crippen LogP contribution in [0.3, 0.4) is 0 Å². The van der Waals surface area contributed by atoms with Crippen molar-refractivity contribution in [3.8, 4) is 0 Å². The van der Waals surface area contributed by atoms with Crippen LogP contribution in [0.1, 0.15) is 31.2 Å². The summed E-state index contributed by atoms with van der Waals surface area (Å²) in [4.78, 5) is 31.8. The van der Waals surface area contributed by atoms with Crippen molar-refractivity contribution in [3.63, 3.8) is 0 Å². The van der Waals surface area contributed by atoms with Crippen LogP contribution in [0, 0.1) is 5.82 Å². The summed E-state index contributed by atoms with van der Waals surface area (Å²) in [6.07, 6.45) is 6.14. The summed E-state index contributed by atoms with van der Waals surface area (Å²) >= 11 is 0. The summed E-state index contributed by atoms with van der Waals surface area (Å²) < 4.78 is 14.7. The molecule has 1 aliphatic carbocycles. The summed E-state index contributed by atoms with van der Waals surface area (Å²) in [6, 6.07) is 14.0. The quantitative estimate of drug-likeness (QED) is 0.644. The van der Waals surface area contributed by atoms with E-state index in [1.807, 2.05) is 29.2 Å². The van der Waals surface area contributed by atoms with E-state index < -0.39 is 0 Å². The van der Waals surface area contributed by atoms with E-state index in [2.05, 4.69) is 4.98 Å². The van der Waals surface area contributed by atoms with Crippen molar-refractivity contribution in [1.82, 2.24) is 14.5 Å². The third-order valence-corrected chi connectivity index (χ3v) is 5.69. The lowest BCUT2D eigenvalue weighted by atomic mass is 10.1. The standard InChI is InChI=1S/C23H24FN3O2/c24-18-11-9-17(10-12-18)13-14-26(19-5-1-2-6-19)23(29)16-27-21-8-4-3-7-20(21)25-15-22(27)28/h3-4,7-12,15,19H,1-2,5-6,13-14,16H2. The maximum Gasteiger partial charge on any atom is 0.269 e. The van der Waals surface area contributed by atoms with Crippen LogP contribution in [0.2, 0.25) is 0 Å². The smallest absolute Gasteiger partial charge is 0.269 e. The molecule has 1 aliphatic rings. The third kappa shape index (κ3) is 4.36. The molecular formula is C23H24FN3O2. The van der Waals surface area contributed by atoms with E-state index in [9.17, 15) is 14.0 Å². The molecule has 0 atom stereocenters. The average Bonchev–Trinajstić information content (AvgIpc) is 3.26. The second-order valence-corrected chi connectivity index (χ2v) is 7.57. The lowest BCUT2D eigenvalue weighted by Gasteiger charge is -2.29. The van der Waals surface area contributed by atoms with Crippen LogP contribution in [0.4, 0.5) is 4.39 Å². The Morgan fingerprint density at radius 2 is 1.83 bits per heavy atom. The molecule has 2 aromatic carbocycles. The SMILES string of the molecule is O=C(Cn1c(=O)cnc2ccccc21)N(CCc1ccc(F)cc1)C1CCCC1. The molecule has 1 saturated carbocycles. The molecule has 0 radical (unpaired) electrons. The molecule has 0 bridgehead atoms. The molecule has 0 aliphatic heterocycles. The second kappa shape index (κ2) is 8.55. The molecule has 4 rings (SSSR count). The van der Waals surface area contributed by atoms with Crippen LogP contribution in [0.25, 0.3) is 11.0 Å². The highest BCUT2D eigenvalue weighted by atomic mass is 19.1. The van der Waals surface area contributed by atoms with E-state index in [0.717, 1.165) is 31.2 Å². The number of carbonyl (C=O) groups excluding carboxylic acids is 1. The van der Waals surface area contributed by atoms with Gasteiger partial charge in [-0.25, -0.2) is 9.37 Å². The Labute approximate surface area is 168 Å². The molecule has 0 unspecified atom stereocenters. The molecule has 0 spiro atoms. The van der Waals surface area contributed by atoms with E-state index in [-0.39, 0.29) is 29.9 Å². The second-order valence-electron chi connectivity index (χ2n) is 7.57. The Morgan fingerprint density at radius 1 is 1.10 bits per heavy atom. The Balaban J connectivity index is 1.56. The van der Waals surface area contributed by atoms with Gasteiger partial charge >= 0.3 is 0 Å². The van der Waals surface area contributed by atoms with E-state index in [0.29, 0.717) is 24.0 Å². The van der Waals surface area contributed by atoms with Crippen molar-refractivity contribution in [1.29, 1.82) is 0 Å². The van der Waals surface area contributed by atoms with Crippen molar-refractivity contribution in [2.24, 2.45) is 0 Å². The van der Waals surface area contributed by atoms with E-state index in [1.165, 1.54) is 22.9 Å². The topological polar surface area (TPSA) is 55.2 Å². The molecule has 150 valence electrons. The van der Waals surface area contributed by atoms with Gasteiger partial charge in [-0.15, -0.1) is 0 Å². The van der Waals surface area contributed by atoms with Gasteiger partial charge in [0, 0.05) is 12.6 Å². The first-order valence-electron chi connectivity index (χ1n) is 10.1. The highest BCUT2D eigenvalue weighted by Gasteiger charge is 2.27. The number of fused-ring (bicyclic) bond motifs is 1. The van der Waals surface area contributed by atoms with Crippen molar-refractivity contribution in [2.45, 2.75) is 44.7 Å². The highest BCUT2D eigenvalue weighted by molar-refractivity contribution is 5.80. The van der Waals surface area contributed by atoms with Gasteiger partial charge in [-0.1, -0.05) is 37.1 Å². The van der Waals surface area contributed by atoms with Crippen molar-refractivity contribution >= 4 is 16.9 Å². The number of nitrogens with zero attached hydrogens (tertiary/aromatic N) is 3. The van der Waals surface area contributed by atoms with Gasteiger partial charge in [0.05, 0.1) is 17.2 Å². The number of benzene rings is 2. The van der Waals surface area contributed by atoms with Gasteiger partial charge in [0.1, 0.15) is 12.4 Å². The van der Waals surface area contributed by atoms with Crippen molar-refractivity contribution in [2.75, 3.05) is 6.54 Å².